The molecule has 1 fully saturated rings. The predicted octanol–water partition coefficient (Wildman–Crippen LogP) is 1.96. The molecule has 0 bridgehead atoms. The van der Waals surface area contributed by atoms with Crippen molar-refractivity contribution < 1.29 is 29.0 Å². The van der Waals surface area contributed by atoms with Crippen molar-refractivity contribution in [1.82, 2.24) is 14.5 Å². The van der Waals surface area contributed by atoms with Crippen molar-refractivity contribution in [3.63, 3.8) is 0 Å². The van der Waals surface area contributed by atoms with Crippen LogP contribution in [-0.2, 0) is 30.9 Å². The molecule has 1 saturated heterocycles. The van der Waals surface area contributed by atoms with Gasteiger partial charge in [-0.25, -0.2) is 9.59 Å². The molecule has 0 saturated carbocycles. The Morgan fingerprint density at radius 2 is 1.88 bits per heavy atom. The molecule has 2 aromatic rings. The van der Waals surface area contributed by atoms with Crippen LogP contribution in [0.3, 0.4) is 0 Å². The van der Waals surface area contributed by atoms with E-state index in [1.54, 1.807) is 11.6 Å². The summed E-state index contributed by atoms with van der Waals surface area (Å²) in [6.45, 7) is 6.96. The summed E-state index contributed by atoms with van der Waals surface area (Å²) >= 11 is 0. The molecule has 34 heavy (non-hydrogen) atoms. The molecule has 2 N–H and O–H groups in total. The summed E-state index contributed by atoms with van der Waals surface area (Å²) in [5.41, 5.74) is 1.97. The summed E-state index contributed by atoms with van der Waals surface area (Å²) in [6, 6.07) is 4.99. The fraction of sp³-hybridized carbons (Fsp3) is 0.583. The van der Waals surface area contributed by atoms with Crippen molar-refractivity contribution >= 4 is 28.8 Å². The van der Waals surface area contributed by atoms with Crippen LogP contribution in [0.5, 0.6) is 0 Å². The number of benzene rings is 1. The Kier molecular flexibility index (Phi) is 7.93. The van der Waals surface area contributed by atoms with Gasteiger partial charge in [0.15, 0.2) is 0 Å². The molecule has 1 aliphatic rings. The van der Waals surface area contributed by atoms with Crippen LogP contribution in [-0.4, -0.2) is 58.5 Å². The second kappa shape index (κ2) is 10.5. The fourth-order valence-corrected chi connectivity index (χ4v) is 4.62. The summed E-state index contributed by atoms with van der Waals surface area (Å²) in [5, 5.41) is 11.0. The number of rotatable bonds is 10. The summed E-state index contributed by atoms with van der Waals surface area (Å²) in [7, 11) is 1.70. The highest BCUT2D eigenvalue weighted by molar-refractivity contribution is 6.00. The number of aliphatic carboxylic acids is 1. The van der Waals surface area contributed by atoms with E-state index < -0.39 is 17.9 Å². The maximum absolute atomic E-state index is 13.2. The number of para-hydroxylation sites is 1. The second-order valence-corrected chi connectivity index (χ2v) is 9.66. The normalized spacial score (nSPS) is 17.7. The molecule has 10 nitrogen and oxygen atoms in total. The lowest BCUT2D eigenvalue weighted by molar-refractivity contribution is -0.142. The number of amides is 2. The number of carbonyl (C=O) groups excluding carboxylic acids is 2. The van der Waals surface area contributed by atoms with Crippen LogP contribution in [0, 0.1) is 5.41 Å². The lowest BCUT2D eigenvalue weighted by Crippen LogP contribution is -2.44. The minimum atomic E-state index is -1.02. The van der Waals surface area contributed by atoms with Crippen molar-refractivity contribution in [2.24, 2.45) is 12.5 Å². The Morgan fingerprint density at radius 3 is 2.53 bits per heavy atom. The highest BCUT2D eigenvalue weighted by Gasteiger charge is 2.33. The van der Waals surface area contributed by atoms with Gasteiger partial charge in [0.25, 0.3) is 0 Å². The van der Waals surface area contributed by atoms with Crippen molar-refractivity contribution in [1.29, 1.82) is 0 Å². The quantitative estimate of drug-likeness (QED) is 0.397. The van der Waals surface area contributed by atoms with Gasteiger partial charge in [0.2, 0.25) is 11.8 Å². The molecular formula is C24H33N3O7. The average molecular weight is 476 g/mol. The minimum absolute atomic E-state index is 0.0411. The summed E-state index contributed by atoms with van der Waals surface area (Å²) in [4.78, 5) is 47.9. The van der Waals surface area contributed by atoms with Gasteiger partial charge in [0.1, 0.15) is 12.6 Å². The molecule has 3 rings (SSSR count). The number of nitrogens with one attached hydrogen (secondary N) is 1. The van der Waals surface area contributed by atoms with Crippen LogP contribution < -0.4 is 11.0 Å². The number of hydrogen-bond donors (Lipinski definition) is 2. The molecule has 2 unspecified atom stereocenters. The number of carboxylic acids is 1. The number of imide groups is 1. The van der Waals surface area contributed by atoms with E-state index in [2.05, 4.69) is 26.1 Å². The first-order valence-corrected chi connectivity index (χ1v) is 11.4. The van der Waals surface area contributed by atoms with Gasteiger partial charge in [0, 0.05) is 20.1 Å². The van der Waals surface area contributed by atoms with E-state index in [1.807, 2.05) is 18.2 Å². The Hall–Kier alpha value is -2.98. The first-order chi connectivity index (χ1) is 16.0. The van der Waals surface area contributed by atoms with E-state index in [0.717, 1.165) is 11.1 Å². The van der Waals surface area contributed by atoms with Gasteiger partial charge in [-0.2, -0.15) is 0 Å². The molecular weight excluding hydrogens is 442 g/mol. The number of carboxylic acid groups (broad SMARTS) is 1. The van der Waals surface area contributed by atoms with Crippen LogP contribution in [0.4, 0.5) is 0 Å². The van der Waals surface area contributed by atoms with E-state index in [1.165, 1.54) is 4.57 Å². The van der Waals surface area contributed by atoms with Gasteiger partial charge in [-0.05, 0) is 35.8 Å². The Balaban J connectivity index is 1.88. The van der Waals surface area contributed by atoms with Gasteiger partial charge in [-0.1, -0.05) is 32.9 Å². The zero-order valence-electron chi connectivity index (χ0n) is 20.1. The fourth-order valence-electron chi connectivity index (χ4n) is 4.62. The molecule has 0 aliphatic carbocycles. The maximum Gasteiger partial charge on any atom is 0.329 e. The molecule has 1 aliphatic heterocycles. The number of imidazole rings is 1. The van der Waals surface area contributed by atoms with Gasteiger partial charge in [-0.15, -0.1) is 0 Å². The smallest absolute Gasteiger partial charge is 0.329 e. The summed E-state index contributed by atoms with van der Waals surface area (Å²) in [6.07, 6.45) is 1.16. The van der Waals surface area contributed by atoms with Crippen LogP contribution in [0.2, 0.25) is 0 Å². The monoisotopic (exact) mass is 475 g/mol. The third-order valence-electron chi connectivity index (χ3n) is 6.22. The van der Waals surface area contributed by atoms with E-state index in [-0.39, 0.29) is 49.0 Å². The van der Waals surface area contributed by atoms with Crippen molar-refractivity contribution in [3.05, 3.63) is 34.2 Å². The maximum atomic E-state index is 13.2. The van der Waals surface area contributed by atoms with Crippen LogP contribution in [0.15, 0.2) is 23.0 Å². The molecule has 0 spiro atoms. The van der Waals surface area contributed by atoms with Crippen molar-refractivity contribution in [2.75, 3.05) is 26.4 Å². The Bertz CT molecular complexity index is 1130. The highest BCUT2D eigenvalue weighted by atomic mass is 16.5. The van der Waals surface area contributed by atoms with E-state index in [4.69, 9.17) is 14.6 Å². The van der Waals surface area contributed by atoms with Gasteiger partial charge < -0.3 is 14.6 Å². The highest BCUT2D eigenvalue weighted by Crippen LogP contribution is 2.41. The number of aromatic nitrogens is 2. The molecule has 2 atom stereocenters. The van der Waals surface area contributed by atoms with Crippen molar-refractivity contribution in [2.45, 2.75) is 52.0 Å². The SMILES string of the molecule is Cn1c(=O)n(C2CCC(=O)NC2=O)c2cccc(C(CCOCCOCC(=O)O)C(C)(C)C)c21. The first kappa shape index (κ1) is 25.6. The zero-order chi connectivity index (χ0) is 25.0. The predicted molar refractivity (Wildman–Crippen MR) is 125 cm³/mol. The summed E-state index contributed by atoms with van der Waals surface area (Å²) < 4.78 is 13.7. The number of ether oxygens (including phenoxy) is 2. The third-order valence-corrected chi connectivity index (χ3v) is 6.22. The van der Waals surface area contributed by atoms with Crippen LogP contribution in [0.25, 0.3) is 11.0 Å². The third kappa shape index (κ3) is 5.56. The number of piperidine rings is 1. The van der Waals surface area contributed by atoms with E-state index in [9.17, 15) is 19.2 Å². The van der Waals surface area contributed by atoms with Crippen molar-refractivity contribution in [3.8, 4) is 0 Å². The summed E-state index contributed by atoms with van der Waals surface area (Å²) in [5.74, 6) is -1.76. The molecule has 0 radical (unpaired) electrons. The standard InChI is InChI=1S/C24H33N3O7/c1-24(2,3)16(10-11-33-12-13-34-14-20(29)30)15-6-5-7-17-21(15)26(4)23(32)27(17)18-8-9-19(28)25-22(18)31/h5-7,16,18H,8-14H2,1-4H3,(H,29,30)(H,25,28,31). The zero-order valence-corrected chi connectivity index (χ0v) is 20.1. The van der Waals surface area contributed by atoms with Gasteiger partial charge in [0.05, 0.1) is 24.2 Å². The van der Waals surface area contributed by atoms with E-state index >= 15 is 0 Å². The lowest BCUT2D eigenvalue weighted by atomic mass is 9.74. The lowest BCUT2D eigenvalue weighted by Gasteiger charge is -2.32. The molecule has 1 aromatic heterocycles. The van der Waals surface area contributed by atoms with Gasteiger partial charge in [-0.3, -0.25) is 24.0 Å². The largest absolute Gasteiger partial charge is 0.480 e. The van der Waals surface area contributed by atoms with Crippen LogP contribution >= 0.6 is 0 Å². The Labute approximate surface area is 197 Å². The molecule has 2 amide bonds. The number of nitrogens with zero attached hydrogens (tertiary/aromatic N) is 2. The number of fused-ring (bicyclic) bond motifs is 1. The number of hydrogen-bond acceptors (Lipinski definition) is 6. The molecule has 1 aromatic carbocycles. The average Bonchev–Trinajstić information content (AvgIpc) is 3.00. The molecule has 10 heteroatoms. The number of carbonyl (C=O) groups is 3. The topological polar surface area (TPSA) is 129 Å². The molecule has 2 heterocycles. The second-order valence-electron chi connectivity index (χ2n) is 9.66. The van der Waals surface area contributed by atoms with E-state index in [0.29, 0.717) is 25.2 Å². The first-order valence-electron chi connectivity index (χ1n) is 11.4. The number of aryl methyl sites for hydroxylation is 1. The minimum Gasteiger partial charge on any atom is -0.480 e. The Morgan fingerprint density at radius 1 is 1.18 bits per heavy atom. The van der Waals surface area contributed by atoms with Crippen LogP contribution in [0.1, 0.15) is 57.6 Å². The molecule has 186 valence electrons. The van der Waals surface area contributed by atoms with Gasteiger partial charge >= 0.3 is 11.7 Å².